The predicted octanol–water partition coefficient (Wildman–Crippen LogP) is 3.15. The van der Waals surface area contributed by atoms with Gasteiger partial charge < -0.3 is 14.8 Å². The molecule has 26 heavy (non-hydrogen) atoms. The monoisotopic (exact) mass is 363 g/mol. The number of nitrogens with one attached hydrogen (secondary N) is 1. The average molecular weight is 363 g/mol. The highest BCUT2D eigenvalue weighted by Crippen LogP contribution is 2.45. The summed E-state index contributed by atoms with van der Waals surface area (Å²) in [5.41, 5.74) is 0.0499. The molecule has 0 aliphatic carbocycles. The molecule has 1 aliphatic heterocycles. The molecule has 142 valence electrons. The normalized spacial score (nSPS) is 25.3. The lowest BCUT2D eigenvalue weighted by molar-refractivity contribution is -0.178. The zero-order valence-electron chi connectivity index (χ0n) is 15.8. The minimum absolute atomic E-state index is 0.0292. The van der Waals surface area contributed by atoms with Crippen molar-refractivity contribution in [3.8, 4) is 0 Å². The number of methoxy groups -OCH3 is 1. The second kappa shape index (κ2) is 7.89. The van der Waals surface area contributed by atoms with Crippen LogP contribution in [0.3, 0.4) is 0 Å². The van der Waals surface area contributed by atoms with Gasteiger partial charge >= 0.3 is 11.9 Å². The van der Waals surface area contributed by atoms with Crippen molar-refractivity contribution < 1.29 is 23.5 Å². The standard InChI is InChI=1S/C20H26FNO4/c1-6-26-19(24)20(18(23)25-5)13(4)22-17(11-16(20)12(2)3)14-7-9-15(21)10-8-14/h7-13,16,22H,6H2,1-5H3. The molecule has 0 spiro atoms. The maximum absolute atomic E-state index is 13.2. The summed E-state index contributed by atoms with van der Waals surface area (Å²) in [6, 6.07) is 5.51. The molecule has 2 rings (SSSR count). The summed E-state index contributed by atoms with van der Waals surface area (Å²) in [6.45, 7) is 7.52. The second-order valence-corrected chi connectivity index (χ2v) is 6.80. The first kappa shape index (κ1) is 19.9. The van der Waals surface area contributed by atoms with Crippen molar-refractivity contribution in [2.24, 2.45) is 17.3 Å². The molecule has 0 aromatic heterocycles. The second-order valence-electron chi connectivity index (χ2n) is 6.80. The molecule has 0 bridgehead atoms. The van der Waals surface area contributed by atoms with Gasteiger partial charge in [-0.05, 0) is 37.5 Å². The Kier molecular flexibility index (Phi) is 6.05. The van der Waals surface area contributed by atoms with Crippen LogP contribution in [-0.4, -0.2) is 31.7 Å². The van der Waals surface area contributed by atoms with E-state index in [1.165, 1.54) is 19.2 Å². The summed E-state index contributed by atoms with van der Waals surface area (Å²) >= 11 is 0. The highest BCUT2D eigenvalue weighted by molar-refractivity contribution is 6.02. The van der Waals surface area contributed by atoms with Crippen molar-refractivity contribution in [3.63, 3.8) is 0 Å². The van der Waals surface area contributed by atoms with Crippen molar-refractivity contribution in [3.05, 3.63) is 41.7 Å². The van der Waals surface area contributed by atoms with Crippen molar-refractivity contribution in [1.29, 1.82) is 0 Å². The molecule has 1 aliphatic rings. The smallest absolute Gasteiger partial charge is 0.326 e. The van der Waals surface area contributed by atoms with Gasteiger partial charge in [-0.1, -0.05) is 32.1 Å². The molecular weight excluding hydrogens is 337 g/mol. The van der Waals surface area contributed by atoms with Crippen molar-refractivity contribution in [2.45, 2.75) is 33.7 Å². The number of rotatable bonds is 5. The van der Waals surface area contributed by atoms with Crippen LogP contribution in [0.25, 0.3) is 5.70 Å². The summed E-state index contributed by atoms with van der Waals surface area (Å²) in [4.78, 5) is 25.7. The molecule has 0 saturated heterocycles. The summed E-state index contributed by atoms with van der Waals surface area (Å²) in [5.74, 6) is -2.01. The van der Waals surface area contributed by atoms with Crippen LogP contribution in [0.4, 0.5) is 4.39 Å². The van der Waals surface area contributed by atoms with Gasteiger partial charge in [0.1, 0.15) is 5.82 Å². The van der Waals surface area contributed by atoms with Gasteiger partial charge in [0.2, 0.25) is 0 Å². The van der Waals surface area contributed by atoms with Gasteiger partial charge in [0.25, 0.3) is 0 Å². The van der Waals surface area contributed by atoms with E-state index in [4.69, 9.17) is 9.47 Å². The van der Waals surface area contributed by atoms with Crippen molar-refractivity contribution in [1.82, 2.24) is 5.32 Å². The third-order valence-electron chi connectivity index (χ3n) is 4.94. The fourth-order valence-corrected chi connectivity index (χ4v) is 3.65. The molecule has 6 heteroatoms. The minimum Gasteiger partial charge on any atom is -0.468 e. The minimum atomic E-state index is -1.48. The number of hydrogen-bond acceptors (Lipinski definition) is 5. The first-order chi connectivity index (χ1) is 12.3. The molecule has 0 fully saturated rings. The van der Waals surface area contributed by atoms with Crippen LogP contribution in [-0.2, 0) is 19.1 Å². The number of benzene rings is 1. The molecule has 1 aromatic rings. The number of carbonyl (C=O) groups excluding carboxylic acids is 2. The molecular formula is C20H26FNO4. The third kappa shape index (κ3) is 3.32. The van der Waals surface area contributed by atoms with E-state index in [2.05, 4.69) is 5.32 Å². The maximum Gasteiger partial charge on any atom is 0.326 e. The zero-order valence-corrected chi connectivity index (χ0v) is 15.8. The van der Waals surface area contributed by atoms with E-state index in [0.29, 0.717) is 0 Å². The number of hydrogen-bond donors (Lipinski definition) is 1. The van der Waals surface area contributed by atoms with Gasteiger partial charge in [-0.2, -0.15) is 0 Å². The number of ether oxygens (including phenoxy) is 2. The van der Waals surface area contributed by atoms with Gasteiger partial charge in [-0.3, -0.25) is 9.59 Å². The lowest BCUT2D eigenvalue weighted by atomic mass is 9.63. The largest absolute Gasteiger partial charge is 0.468 e. The van der Waals surface area contributed by atoms with E-state index in [1.807, 2.05) is 19.9 Å². The summed E-state index contributed by atoms with van der Waals surface area (Å²) in [6.07, 6.45) is 1.85. The topological polar surface area (TPSA) is 64.6 Å². The molecule has 5 nitrogen and oxygen atoms in total. The quantitative estimate of drug-likeness (QED) is 0.643. The molecule has 1 aromatic carbocycles. The SMILES string of the molecule is CCOC(=O)C1(C(=O)OC)C(C)NC(c2ccc(F)cc2)=CC1C(C)C. The first-order valence-corrected chi connectivity index (χ1v) is 8.78. The average Bonchev–Trinajstić information content (AvgIpc) is 2.61. The summed E-state index contributed by atoms with van der Waals surface area (Å²) < 4.78 is 23.5. The van der Waals surface area contributed by atoms with Gasteiger partial charge in [0, 0.05) is 11.6 Å². The van der Waals surface area contributed by atoms with Gasteiger partial charge in [0.15, 0.2) is 5.41 Å². The molecule has 1 N–H and O–H groups in total. The Morgan fingerprint density at radius 1 is 1.23 bits per heavy atom. The van der Waals surface area contributed by atoms with E-state index in [1.54, 1.807) is 26.0 Å². The van der Waals surface area contributed by atoms with Crippen LogP contribution in [0.2, 0.25) is 0 Å². The van der Waals surface area contributed by atoms with Crippen LogP contribution in [0.15, 0.2) is 30.3 Å². The van der Waals surface area contributed by atoms with Crippen LogP contribution < -0.4 is 5.32 Å². The highest BCUT2D eigenvalue weighted by Gasteiger charge is 2.60. The van der Waals surface area contributed by atoms with Crippen molar-refractivity contribution in [2.75, 3.05) is 13.7 Å². The Labute approximate surface area is 153 Å². The number of halogens is 1. The Morgan fingerprint density at radius 3 is 2.35 bits per heavy atom. The maximum atomic E-state index is 13.2. The number of esters is 2. The van der Waals surface area contributed by atoms with E-state index >= 15 is 0 Å². The van der Waals surface area contributed by atoms with Crippen LogP contribution in [0.1, 0.15) is 33.3 Å². The Morgan fingerprint density at radius 2 is 1.85 bits per heavy atom. The molecule has 3 unspecified atom stereocenters. The first-order valence-electron chi connectivity index (χ1n) is 8.78. The summed E-state index contributed by atoms with van der Waals surface area (Å²) in [5, 5.41) is 3.22. The van der Waals surface area contributed by atoms with Gasteiger partial charge in [-0.25, -0.2) is 4.39 Å². The van der Waals surface area contributed by atoms with Crippen molar-refractivity contribution >= 4 is 17.6 Å². The Bertz CT molecular complexity index is 698. The highest BCUT2D eigenvalue weighted by atomic mass is 19.1. The van der Waals surface area contributed by atoms with Crippen LogP contribution in [0, 0.1) is 23.1 Å². The van der Waals surface area contributed by atoms with Crippen LogP contribution in [0.5, 0.6) is 0 Å². The lowest BCUT2D eigenvalue weighted by Crippen LogP contribution is -2.61. The van der Waals surface area contributed by atoms with E-state index in [9.17, 15) is 14.0 Å². The van der Waals surface area contributed by atoms with E-state index < -0.39 is 29.3 Å². The van der Waals surface area contributed by atoms with Gasteiger partial charge in [0.05, 0.1) is 19.8 Å². The summed E-state index contributed by atoms with van der Waals surface area (Å²) in [7, 11) is 1.27. The molecule has 0 amide bonds. The predicted molar refractivity (Wildman–Crippen MR) is 96.4 cm³/mol. The Hall–Kier alpha value is -2.37. The Balaban J connectivity index is 2.60. The lowest BCUT2D eigenvalue weighted by Gasteiger charge is -2.45. The fourth-order valence-electron chi connectivity index (χ4n) is 3.65. The molecule has 1 heterocycles. The molecule has 3 atom stereocenters. The fraction of sp³-hybridized carbons (Fsp3) is 0.500. The zero-order chi connectivity index (χ0) is 19.5. The number of carbonyl (C=O) groups is 2. The van der Waals surface area contributed by atoms with E-state index in [0.717, 1.165) is 11.3 Å². The van der Waals surface area contributed by atoms with E-state index in [-0.39, 0.29) is 18.3 Å². The number of allylic oxidation sites excluding steroid dienone is 1. The molecule has 0 radical (unpaired) electrons. The van der Waals surface area contributed by atoms with Gasteiger partial charge in [-0.15, -0.1) is 0 Å². The third-order valence-corrected chi connectivity index (χ3v) is 4.94. The van der Waals surface area contributed by atoms with Crippen LogP contribution >= 0.6 is 0 Å². The molecule has 0 saturated carbocycles.